The molecule has 0 radical (unpaired) electrons. The number of ether oxygens (including phenoxy) is 1. The minimum Gasteiger partial charge on any atom is -0.435 e. The molecule has 0 saturated heterocycles. The molecule has 0 unspecified atom stereocenters. The zero-order chi connectivity index (χ0) is 20.5. The summed E-state index contributed by atoms with van der Waals surface area (Å²) < 4.78 is 31.0. The maximum absolute atomic E-state index is 12.8. The highest BCUT2D eigenvalue weighted by Gasteiger charge is 2.27. The van der Waals surface area contributed by atoms with Crippen molar-refractivity contribution in [1.82, 2.24) is 19.7 Å². The molecule has 152 valence electrons. The molecule has 0 amide bonds. The van der Waals surface area contributed by atoms with E-state index in [1.165, 1.54) is 23.9 Å². The number of aromatic amines is 1. The van der Waals surface area contributed by atoms with Crippen molar-refractivity contribution in [3.8, 4) is 11.4 Å². The van der Waals surface area contributed by atoms with Gasteiger partial charge in [0.2, 0.25) is 5.16 Å². The van der Waals surface area contributed by atoms with Crippen LogP contribution in [0.15, 0.2) is 35.5 Å². The Morgan fingerprint density at radius 2 is 2.03 bits per heavy atom. The molecule has 1 saturated carbocycles. The highest BCUT2D eigenvalue weighted by molar-refractivity contribution is 7.99. The first kappa shape index (κ1) is 19.6. The fraction of sp³-hybridized carbons (Fsp3) is 0.350. The van der Waals surface area contributed by atoms with E-state index in [1.54, 1.807) is 12.1 Å². The van der Waals surface area contributed by atoms with Crippen LogP contribution in [0, 0.1) is 13.8 Å². The number of carbonyl (C=O) groups excluding carboxylic acids is 1. The van der Waals surface area contributed by atoms with Crippen LogP contribution in [-0.4, -0.2) is 37.9 Å². The number of nitrogens with one attached hydrogen (secondary N) is 1. The third-order valence-electron chi connectivity index (χ3n) is 4.83. The molecule has 4 rings (SSSR count). The van der Waals surface area contributed by atoms with E-state index in [0.29, 0.717) is 16.6 Å². The average Bonchev–Trinajstić information content (AvgIpc) is 3.35. The zero-order valence-electron chi connectivity index (χ0n) is 16.0. The van der Waals surface area contributed by atoms with Crippen molar-refractivity contribution in [3.63, 3.8) is 0 Å². The summed E-state index contributed by atoms with van der Waals surface area (Å²) in [7, 11) is 0. The fourth-order valence-corrected chi connectivity index (χ4v) is 3.98. The summed E-state index contributed by atoms with van der Waals surface area (Å²) in [6, 6.07) is 8.19. The number of thioether (sulfide) groups is 1. The highest BCUT2D eigenvalue weighted by atomic mass is 32.2. The van der Waals surface area contributed by atoms with Crippen molar-refractivity contribution in [2.45, 2.75) is 44.4 Å². The van der Waals surface area contributed by atoms with E-state index in [4.69, 9.17) is 0 Å². The molecule has 0 aliphatic heterocycles. The number of Topliss-reactive ketones (excluding diaryl/α,β-unsaturated/α-hetero) is 1. The number of alkyl halides is 2. The van der Waals surface area contributed by atoms with Crippen LogP contribution in [-0.2, 0) is 0 Å². The van der Waals surface area contributed by atoms with Gasteiger partial charge in [-0.05, 0) is 57.0 Å². The first-order valence-electron chi connectivity index (χ1n) is 9.25. The second-order valence-corrected chi connectivity index (χ2v) is 7.92. The van der Waals surface area contributed by atoms with Crippen LogP contribution >= 0.6 is 11.8 Å². The number of benzene rings is 1. The predicted molar refractivity (Wildman–Crippen MR) is 105 cm³/mol. The lowest BCUT2D eigenvalue weighted by Crippen LogP contribution is -2.06. The molecule has 1 aromatic carbocycles. The Balaban J connectivity index is 1.47. The normalized spacial score (nSPS) is 13.8. The summed E-state index contributed by atoms with van der Waals surface area (Å²) in [6.45, 7) is 0.909. The standard InChI is InChI=1S/C20H20F2N4O2S/c1-11-9-16(17(27)10-29-20-23-18(24-25-20)13-3-4-13)12(2)26(11)14-5-7-15(8-6-14)28-19(21)22/h5-9,13,19H,3-4,10H2,1-2H3,(H,23,24,25). The van der Waals surface area contributed by atoms with Gasteiger partial charge in [0.05, 0.1) is 5.75 Å². The van der Waals surface area contributed by atoms with Gasteiger partial charge in [-0.15, -0.1) is 5.10 Å². The predicted octanol–water partition coefficient (Wildman–Crippen LogP) is 4.67. The number of rotatable bonds is 8. The lowest BCUT2D eigenvalue weighted by Gasteiger charge is -2.11. The van der Waals surface area contributed by atoms with Crippen molar-refractivity contribution in [1.29, 1.82) is 0 Å². The summed E-state index contributed by atoms with van der Waals surface area (Å²) in [5.74, 6) is 1.72. The molecule has 0 bridgehead atoms. The molecule has 2 aromatic heterocycles. The SMILES string of the molecule is Cc1cc(C(=O)CSc2n[nH]c(C3CC3)n2)c(C)n1-c1ccc(OC(F)F)cc1. The average molecular weight is 418 g/mol. The molecule has 1 fully saturated rings. The lowest BCUT2D eigenvalue weighted by molar-refractivity contribution is -0.0498. The van der Waals surface area contributed by atoms with Crippen LogP contribution in [0.3, 0.4) is 0 Å². The summed E-state index contributed by atoms with van der Waals surface area (Å²) in [6.07, 6.45) is 2.28. The monoisotopic (exact) mass is 418 g/mol. The first-order chi connectivity index (χ1) is 13.9. The number of carbonyl (C=O) groups is 1. The smallest absolute Gasteiger partial charge is 0.387 e. The van der Waals surface area contributed by atoms with Gasteiger partial charge in [0.1, 0.15) is 11.6 Å². The number of ketones is 1. The van der Waals surface area contributed by atoms with Gasteiger partial charge in [0.15, 0.2) is 5.78 Å². The highest BCUT2D eigenvalue weighted by Crippen LogP contribution is 2.38. The Kier molecular flexibility index (Phi) is 5.40. The van der Waals surface area contributed by atoms with Crippen LogP contribution in [0.2, 0.25) is 0 Å². The molecule has 29 heavy (non-hydrogen) atoms. The van der Waals surface area contributed by atoms with Crippen molar-refractivity contribution < 1.29 is 18.3 Å². The van der Waals surface area contributed by atoms with Crippen LogP contribution in [0.5, 0.6) is 5.75 Å². The number of hydrogen-bond donors (Lipinski definition) is 1. The maximum atomic E-state index is 12.8. The molecule has 1 aliphatic rings. The number of H-pyrrole nitrogens is 1. The number of aryl methyl sites for hydroxylation is 1. The quantitative estimate of drug-likeness (QED) is 0.425. The Morgan fingerprint density at radius 3 is 2.69 bits per heavy atom. The minimum absolute atomic E-state index is 0.00947. The van der Waals surface area contributed by atoms with Crippen molar-refractivity contribution in [2.24, 2.45) is 0 Å². The molecular weight excluding hydrogens is 398 g/mol. The van der Waals surface area contributed by atoms with E-state index in [1.807, 2.05) is 24.5 Å². The Morgan fingerprint density at radius 1 is 1.31 bits per heavy atom. The van der Waals surface area contributed by atoms with Gasteiger partial charge < -0.3 is 9.30 Å². The van der Waals surface area contributed by atoms with Crippen molar-refractivity contribution >= 4 is 17.5 Å². The van der Waals surface area contributed by atoms with Crippen molar-refractivity contribution in [2.75, 3.05) is 5.75 Å². The largest absolute Gasteiger partial charge is 0.435 e. The van der Waals surface area contributed by atoms with Gasteiger partial charge in [0, 0.05) is 28.6 Å². The Labute approximate surface area is 170 Å². The van der Waals surface area contributed by atoms with E-state index < -0.39 is 6.61 Å². The first-order valence-corrected chi connectivity index (χ1v) is 10.2. The Bertz CT molecular complexity index is 1030. The molecular formula is C20H20F2N4O2S. The summed E-state index contributed by atoms with van der Waals surface area (Å²) in [4.78, 5) is 17.2. The molecule has 9 heteroatoms. The number of hydrogen-bond acceptors (Lipinski definition) is 5. The Hall–Kier alpha value is -2.68. The van der Waals surface area contributed by atoms with Gasteiger partial charge in [-0.25, -0.2) is 4.98 Å². The third kappa shape index (κ3) is 4.34. The van der Waals surface area contributed by atoms with Gasteiger partial charge in [0.25, 0.3) is 0 Å². The second-order valence-electron chi connectivity index (χ2n) is 6.98. The molecule has 3 aromatic rings. The summed E-state index contributed by atoms with van der Waals surface area (Å²) >= 11 is 1.32. The summed E-state index contributed by atoms with van der Waals surface area (Å²) in [5.41, 5.74) is 3.08. The number of nitrogens with zero attached hydrogens (tertiary/aromatic N) is 3. The van der Waals surface area contributed by atoms with E-state index in [-0.39, 0.29) is 17.3 Å². The number of halogens is 2. The van der Waals surface area contributed by atoms with Gasteiger partial charge in [-0.2, -0.15) is 8.78 Å². The van der Waals surface area contributed by atoms with Crippen LogP contribution in [0.25, 0.3) is 5.69 Å². The van der Waals surface area contributed by atoms with E-state index >= 15 is 0 Å². The molecule has 0 spiro atoms. The maximum Gasteiger partial charge on any atom is 0.387 e. The molecule has 6 nitrogen and oxygen atoms in total. The molecule has 2 heterocycles. The van der Waals surface area contributed by atoms with Gasteiger partial charge >= 0.3 is 6.61 Å². The van der Waals surface area contributed by atoms with Crippen LogP contribution in [0.1, 0.15) is 46.3 Å². The van der Waals surface area contributed by atoms with Gasteiger partial charge in [-0.1, -0.05) is 11.8 Å². The van der Waals surface area contributed by atoms with Crippen LogP contribution < -0.4 is 4.74 Å². The molecule has 1 aliphatic carbocycles. The summed E-state index contributed by atoms with van der Waals surface area (Å²) in [5, 5.41) is 7.69. The van der Waals surface area contributed by atoms with E-state index in [2.05, 4.69) is 19.9 Å². The third-order valence-corrected chi connectivity index (χ3v) is 5.68. The zero-order valence-corrected chi connectivity index (χ0v) is 16.8. The topological polar surface area (TPSA) is 72.8 Å². The van der Waals surface area contributed by atoms with Crippen LogP contribution in [0.4, 0.5) is 8.78 Å². The fourth-order valence-electron chi connectivity index (χ4n) is 3.29. The molecule has 0 atom stereocenters. The number of aromatic nitrogens is 4. The van der Waals surface area contributed by atoms with E-state index in [0.717, 1.165) is 35.7 Å². The minimum atomic E-state index is -2.86. The van der Waals surface area contributed by atoms with E-state index in [9.17, 15) is 13.6 Å². The second kappa shape index (κ2) is 7.98. The van der Waals surface area contributed by atoms with Crippen molar-refractivity contribution in [3.05, 3.63) is 53.1 Å². The molecule has 1 N–H and O–H groups in total. The van der Waals surface area contributed by atoms with Gasteiger partial charge in [-0.3, -0.25) is 9.89 Å². The lowest BCUT2D eigenvalue weighted by atomic mass is 10.2.